The molecule has 1 N–H and O–H groups in total. The molecule has 0 aliphatic heterocycles. The van der Waals surface area contributed by atoms with Crippen LogP contribution in [-0.4, -0.2) is 20.9 Å². The van der Waals surface area contributed by atoms with Crippen LogP contribution in [0.15, 0.2) is 81.7 Å². The van der Waals surface area contributed by atoms with Crippen LogP contribution >= 0.6 is 15.9 Å². The molecule has 170 valence electrons. The number of rotatable bonds is 5. The molecule has 0 bridgehead atoms. The fourth-order valence-corrected chi connectivity index (χ4v) is 3.99. The van der Waals surface area contributed by atoms with E-state index in [4.69, 9.17) is 4.42 Å². The molecule has 0 aliphatic rings. The highest BCUT2D eigenvalue weighted by molar-refractivity contribution is 9.10. The summed E-state index contributed by atoms with van der Waals surface area (Å²) in [5.41, 5.74) is 6.08. The van der Waals surface area contributed by atoms with Crippen molar-refractivity contribution in [1.82, 2.24) is 15.0 Å². The third-order valence-electron chi connectivity index (χ3n) is 5.72. The van der Waals surface area contributed by atoms with E-state index in [9.17, 15) is 4.79 Å². The number of halogens is 1. The molecule has 7 heteroatoms. The van der Waals surface area contributed by atoms with Gasteiger partial charge in [-0.15, -0.1) is 10.2 Å². The zero-order valence-corrected chi connectivity index (χ0v) is 20.6. The fraction of sp³-hybridized carbons (Fsp3) is 0.148. The first-order chi connectivity index (χ1) is 16.4. The largest absolute Gasteiger partial charge is 0.451 e. The number of furan rings is 1. The summed E-state index contributed by atoms with van der Waals surface area (Å²) < 4.78 is 6.78. The van der Waals surface area contributed by atoms with Crippen molar-refractivity contribution >= 4 is 38.6 Å². The molecule has 0 atom stereocenters. The van der Waals surface area contributed by atoms with E-state index in [-0.39, 0.29) is 11.7 Å². The van der Waals surface area contributed by atoms with Gasteiger partial charge in [0.05, 0.1) is 5.69 Å². The highest BCUT2D eigenvalue weighted by atomic mass is 79.9. The highest BCUT2D eigenvalue weighted by Gasteiger charge is 2.15. The first-order valence-electron chi connectivity index (χ1n) is 11.0. The van der Waals surface area contributed by atoms with Gasteiger partial charge in [0, 0.05) is 15.7 Å². The second kappa shape index (κ2) is 8.91. The molecule has 0 saturated carbocycles. The molecule has 1 amide bonds. The number of carbonyl (C=O) groups is 1. The second-order valence-corrected chi connectivity index (χ2v) is 9.43. The van der Waals surface area contributed by atoms with Crippen LogP contribution in [-0.2, 0) is 0 Å². The van der Waals surface area contributed by atoms with Gasteiger partial charge >= 0.3 is 0 Å². The third-order valence-corrected chi connectivity index (χ3v) is 6.25. The molecule has 0 spiro atoms. The number of hydrogen-bond acceptors (Lipinski definition) is 4. The molecule has 2 heterocycles. The Bertz CT molecular complexity index is 1480. The van der Waals surface area contributed by atoms with Gasteiger partial charge in [0.15, 0.2) is 5.76 Å². The zero-order valence-electron chi connectivity index (χ0n) is 19.0. The summed E-state index contributed by atoms with van der Waals surface area (Å²) in [4.78, 5) is 14.5. The van der Waals surface area contributed by atoms with Gasteiger partial charge in [-0.1, -0.05) is 54.0 Å². The predicted octanol–water partition coefficient (Wildman–Crippen LogP) is 7.13. The number of nitrogens with zero attached hydrogens (tertiary/aromatic N) is 3. The maximum absolute atomic E-state index is 12.9. The quantitative estimate of drug-likeness (QED) is 0.270. The normalized spacial score (nSPS) is 11.3. The lowest BCUT2D eigenvalue weighted by Crippen LogP contribution is -2.11. The van der Waals surface area contributed by atoms with Crippen LogP contribution in [0.5, 0.6) is 0 Å². The molecule has 5 aromatic rings. The number of anilines is 1. The first-order valence-corrected chi connectivity index (χ1v) is 11.8. The Morgan fingerprint density at radius 2 is 1.62 bits per heavy atom. The Labute approximate surface area is 205 Å². The van der Waals surface area contributed by atoms with Crippen LogP contribution in [0.3, 0.4) is 0 Å². The number of aryl methyl sites for hydroxylation is 1. The molecule has 0 saturated heterocycles. The van der Waals surface area contributed by atoms with Crippen LogP contribution in [0, 0.1) is 6.92 Å². The number of carbonyl (C=O) groups excluding carboxylic acids is 1. The molecule has 0 radical (unpaired) electrons. The maximum atomic E-state index is 12.9. The average molecular weight is 515 g/mol. The van der Waals surface area contributed by atoms with Gasteiger partial charge in [-0.3, -0.25) is 4.79 Å². The Kier molecular flexibility index (Phi) is 5.79. The van der Waals surface area contributed by atoms with Gasteiger partial charge in [-0.05, 0) is 72.5 Å². The molecule has 2 aromatic heterocycles. The van der Waals surface area contributed by atoms with E-state index in [1.165, 1.54) is 5.56 Å². The molecule has 0 aliphatic carbocycles. The molecule has 0 unspecified atom stereocenters. The van der Waals surface area contributed by atoms with Crippen molar-refractivity contribution in [1.29, 1.82) is 0 Å². The van der Waals surface area contributed by atoms with Gasteiger partial charge in [0.25, 0.3) is 5.91 Å². The molecule has 5 rings (SSSR count). The van der Waals surface area contributed by atoms with Crippen LogP contribution in [0.25, 0.3) is 28.0 Å². The van der Waals surface area contributed by atoms with Crippen molar-refractivity contribution in [3.63, 3.8) is 0 Å². The van der Waals surface area contributed by atoms with E-state index < -0.39 is 0 Å². The maximum Gasteiger partial charge on any atom is 0.291 e. The van der Waals surface area contributed by atoms with E-state index in [1.54, 1.807) is 16.9 Å². The topological polar surface area (TPSA) is 73.0 Å². The van der Waals surface area contributed by atoms with E-state index in [0.29, 0.717) is 22.9 Å². The lowest BCUT2D eigenvalue weighted by atomic mass is 10.0. The van der Waals surface area contributed by atoms with E-state index >= 15 is 0 Å². The Morgan fingerprint density at radius 1 is 0.941 bits per heavy atom. The van der Waals surface area contributed by atoms with Crippen molar-refractivity contribution in [2.75, 3.05) is 5.32 Å². The monoisotopic (exact) mass is 514 g/mol. The van der Waals surface area contributed by atoms with Crippen LogP contribution in [0.4, 0.5) is 5.69 Å². The zero-order chi connectivity index (χ0) is 23.8. The summed E-state index contributed by atoms with van der Waals surface area (Å²) in [6.45, 7) is 6.26. The van der Waals surface area contributed by atoms with Crippen molar-refractivity contribution in [2.24, 2.45) is 0 Å². The lowest BCUT2D eigenvalue weighted by molar-refractivity contribution is 0.0997. The van der Waals surface area contributed by atoms with Gasteiger partial charge in [-0.2, -0.15) is 4.80 Å². The minimum absolute atomic E-state index is 0.242. The first kappa shape index (κ1) is 22.1. The number of amides is 1. The van der Waals surface area contributed by atoms with E-state index in [1.807, 2.05) is 55.5 Å². The summed E-state index contributed by atoms with van der Waals surface area (Å²) in [6, 6.07) is 23.2. The van der Waals surface area contributed by atoms with Crippen LogP contribution in [0.1, 0.15) is 41.4 Å². The van der Waals surface area contributed by atoms with Crippen LogP contribution < -0.4 is 5.32 Å². The Balaban J connectivity index is 1.38. The molecular weight excluding hydrogens is 492 g/mol. The third kappa shape index (κ3) is 4.39. The smallest absolute Gasteiger partial charge is 0.291 e. The van der Waals surface area contributed by atoms with Crippen molar-refractivity contribution < 1.29 is 9.21 Å². The predicted molar refractivity (Wildman–Crippen MR) is 137 cm³/mol. The van der Waals surface area contributed by atoms with Gasteiger partial charge in [0.2, 0.25) is 0 Å². The molecular formula is C27H23BrN4O2. The summed E-state index contributed by atoms with van der Waals surface area (Å²) >= 11 is 3.42. The van der Waals surface area contributed by atoms with Gasteiger partial charge < -0.3 is 9.73 Å². The van der Waals surface area contributed by atoms with Gasteiger partial charge in [0.1, 0.15) is 16.8 Å². The second-order valence-electron chi connectivity index (χ2n) is 8.52. The number of fused-ring (bicyclic) bond motifs is 1. The number of nitrogens with one attached hydrogen (secondary N) is 1. The molecule has 6 nitrogen and oxygen atoms in total. The molecule has 34 heavy (non-hydrogen) atoms. The standard InChI is InChI=1S/C27H23BrN4O2/c1-16(2)18-6-10-21(11-7-18)32-30-23-14-17(3)22(15-24(23)31-32)29-27(33)26-13-12-25(34-26)19-4-8-20(28)9-5-19/h4-16H,1-3H3,(H,29,33). The lowest BCUT2D eigenvalue weighted by Gasteiger charge is -2.06. The summed E-state index contributed by atoms with van der Waals surface area (Å²) in [6.07, 6.45) is 0. The summed E-state index contributed by atoms with van der Waals surface area (Å²) in [7, 11) is 0. The average Bonchev–Trinajstić information content (AvgIpc) is 3.47. The minimum Gasteiger partial charge on any atom is -0.451 e. The molecule has 3 aromatic carbocycles. The Morgan fingerprint density at radius 3 is 2.29 bits per heavy atom. The summed E-state index contributed by atoms with van der Waals surface area (Å²) in [5.74, 6) is 1.03. The Hall–Kier alpha value is -3.71. The van der Waals surface area contributed by atoms with E-state index in [2.05, 4.69) is 57.4 Å². The fourth-order valence-electron chi connectivity index (χ4n) is 3.72. The highest BCUT2D eigenvalue weighted by Crippen LogP contribution is 2.26. The minimum atomic E-state index is -0.317. The number of hydrogen-bond donors (Lipinski definition) is 1. The van der Waals surface area contributed by atoms with E-state index in [0.717, 1.165) is 26.8 Å². The van der Waals surface area contributed by atoms with Crippen molar-refractivity contribution in [3.8, 4) is 17.0 Å². The summed E-state index contributed by atoms with van der Waals surface area (Å²) in [5, 5.41) is 12.2. The number of aromatic nitrogens is 3. The SMILES string of the molecule is Cc1cc2nn(-c3ccc(C(C)C)cc3)nc2cc1NC(=O)c1ccc(-c2ccc(Br)cc2)o1. The van der Waals surface area contributed by atoms with Gasteiger partial charge in [-0.25, -0.2) is 0 Å². The number of benzene rings is 3. The van der Waals surface area contributed by atoms with Crippen LogP contribution in [0.2, 0.25) is 0 Å². The van der Waals surface area contributed by atoms with Crippen molar-refractivity contribution in [3.05, 3.63) is 94.2 Å². The molecule has 0 fully saturated rings. The van der Waals surface area contributed by atoms with Crippen molar-refractivity contribution in [2.45, 2.75) is 26.7 Å².